The first-order valence-electron chi connectivity index (χ1n) is 20.3. The van der Waals surface area contributed by atoms with Crippen LogP contribution in [0.1, 0.15) is 251 Å². The van der Waals surface area contributed by atoms with Gasteiger partial charge in [-0.25, -0.2) is 0 Å². The van der Waals surface area contributed by atoms with Gasteiger partial charge in [0.2, 0.25) is 0 Å². The molecule has 252 valence electrons. The molecule has 0 aliphatic carbocycles. The van der Waals surface area contributed by atoms with Crippen LogP contribution >= 0.6 is 0 Å². The smallest absolute Gasteiger partial charge is 0.123 e. The quantitative estimate of drug-likeness (QED) is 0.0516. The minimum absolute atomic E-state index is 0.336. The van der Waals surface area contributed by atoms with Gasteiger partial charge in [0.1, 0.15) is 6.29 Å². The van der Waals surface area contributed by atoms with Gasteiger partial charge in [0.25, 0.3) is 0 Å². The molecule has 0 rings (SSSR count). The van der Waals surface area contributed by atoms with Crippen LogP contribution in [-0.4, -0.2) is 6.29 Å². The van der Waals surface area contributed by atoms with Gasteiger partial charge in [-0.05, 0) is 12.8 Å². The van der Waals surface area contributed by atoms with Crippen LogP contribution in [0, 0.1) is 5.92 Å². The molecule has 0 aliphatic heterocycles. The summed E-state index contributed by atoms with van der Waals surface area (Å²) in [6.07, 6.45) is 53.4. The largest absolute Gasteiger partial charge is 0.303 e. The van der Waals surface area contributed by atoms with Gasteiger partial charge in [-0.1, -0.05) is 239 Å². The van der Waals surface area contributed by atoms with Crippen LogP contribution in [0.15, 0.2) is 0 Å². The first-order chi connectivity index (χ1) is 20.8. The SMILES string of the molecule is CCCCCCCCCCCCCCCCCCCCCC(C=O)CCCCCCCCCCCCCCCCCC. The summed E-state index contributed by atoms with van der Waals surface area (Å²) in [4.78, 5) is 11.5. The number of rotatable bonds is 38. The molecule has 0 heterocycles. The molecule has 0 radical (unpaired) electrons. The van der Waals surface area contributed by atoms with Gasteiger partial charge in [-0.3, -0.25) is 0 Å². The fourth-order valence-corrected chi connectivity index (χ4v) is 6.72. The number of hydrogen-bond acceptors (Lipinski definition) is 1. The Bertz CT molecular complexity index is 471. The molecule has 1 heteroatoms. The van der Waals surface area contributed by atoms with Crippen molar-refractivity contribution in [1.29, 1.82) is 0 Å². The molecular formula is C41H82O. The molecular weight excluding hydrogens is 508 g/mol. The van der Waals surface area contributed by atoms with Crippen molar-refractivity contribution in [3.8, 4) is 0 Å². The van der Waals surface area contributed by atoms with Crippen LogP contribution in [0.3, 0.4) is 0 Å². The molecule has 42 heavy (non-hydrogen) atoms. The Morgan fingerprint density at radius 3 is 0.619 bits per heavy atom. The second-order valence-corrected chi connectivity index (χ2v) is 14.1. The summed E-state index contributed by atoms with van der Waals surface area (Å²) in [5.74, 6) is 0.336. The number of unbranched alkanes of at least 4 members (excludes halogenated alkanes) is 33. The third kappa shape index (κ3) is 35.9. The summed E-state index contributed by atoms with van der Waals surface area (Å²) < 4.78 is 0. The van der Waals surface area contributed by atoms with Crippen molar-refractivity contribution in [2.24, 2.45) is 5.92 Å². The summed E-state index contributed by atoms with van der Waals surface area (Å²) in [5.41, 5.74) is 0. The highest BCUT2D eigenvalue weighted by Crippen LogP contribution is 2.19. The van der Waals surface area contributed by atoms with Crippen LogP contribution < -0.4 is 0 Å². The minimum Gasteiger partial charge on any atom is -0.303 e. The highest BCUT2D eigenvalue weighted by molar-refractivity contribution is 5.53. The van der Waals surface area contributed by atoms with Crippen molar-refractivity contribution in [3.05, 3.63) is 0 Å². The lowest BCUT2D eigenvalue weighted by atomic mass is 9.95. The van der Waals surface area contributed by atoms with Crippen molar-refractivity contribution >= 4 is 6.29 Å². The Kier molecular flexibility index (Phi) is 38.4. The lowest BCUT2D eigenvalue weighted by molar-refractivity contribution is -0.111. The molecule has 0 amide bonds. The number of carbonyl (C=O) groups is 1. The van der Waals surface area contributed by atoms with Crippen LogP contribution in [0.2, 0.25) is 0 Å². The van der Waals surface area contributed by atoms with E-state index in [0.29, 0.717) is 5.92 Å². The standard InChI is InChI=1S/C41H82O/c1-3-5-7-9-11-13-15-17-19-21-22-23-25-27-29-31-33-35-37-39-41(40-42)38-36-34-32-30-28-26-24-20-18-16-14-12-10-8-6-4-2/h40-41H,3-39H2,1-2H3. The van der Waals surface area contributed by atoms with E-state index in [2.05, 4.69) is 13.8 Å². The van der Waals surface area contributed by atoms with E-state index < -0.39 is 0 Å². The Morgan fingerprint density at radius 1 is 0.286 bits per heavy atom. The average Bonchev–Trinajstić information content (AvgIpc) is 3.00. The van der Waals surface area contributed by atoms with Crippen LogP contribution in [0.4, 0.5) is 0 Å². The summed E-state index contributed by atoms with van der Waals surface area (Å²) >= 11 is 0. The fraction of sp³-hybridized carbons (Fsp3) is 0.976. The highest BCUT2D eigenvalue weighted by atomic mass is 16.1. The maximum absolute atomic E-state index is 11.5. The van der Waals surface area contributed by atoms with Gasteiger partial charge in [-0.15, -0.1) is 0 Å². The van der Waals surface area contributed by atoms with Crippen molar-refractivity contribution in [1.82, 2.24) is 0 Å². The molecule has 1 nitrogen and oxygen atoms in total. The van der Waals surface area contributed by atoms with Gasteiger partial charge < -0.3 is 4.79 Å². The first kappa shape index (κ1) is 41.7. The fourth-order valence-electron chi connectivity index (χ4n) is 6.72. The third-order valence-corrected chi connectivity index (χ3v) is 9.80. The Balaban J connectivity index is 3.24. The summed E-state index contributed by atoms with van der Waals surface area (Å²) in [7, 11) is 0. The van der Waals surface area contributed by atoms with E-state index in [1.54, 1.807) is 0 Å². The van der Waals surface area contributed by atoms with E-state index in [4.69, 9.17) is 0 Å². The predicted molar refractivity (Wildman–Crippen MR) is 192 cm³/mol. The van der Waals surface area contributed by atoms with Crippen molar-refractivity contribution in [2.45, 2.75) is 251 Å². The van der Waals surface area contributed by atoms with E-state index in [1.165, 1.54) is 231 Å². The molecule has 0 aliphatic rings. The molecule has 0 aromatic heterocycles. The van der Waals surface area contributed by atoms with Gasteiger partial charge in [0.15, 0.2) is 0 Å². The topological polar surface area (TPSA) is 17.1 Å². The predicted octanol–water partition coefficient (Wildman–Crippen LogP) is 15.3. The Labute approximate surface area is 267 Å². The van der Waals surface area contributed by atoms with Gasteiger partial charge in [-0.2, -0.15) is 0 Å². The van der Waals surface area contributed by atoms with E-state index in [0.717, 1.165) is 12.8 Å². The molecule has 1 unspecified atom stereocenters. The maximum Gasteiger partial charge on any atom is 0.123 e. The molecule has 0 aromatic rings. The van der Waals surface area contributed by atoms with Crippen molar-refractivity contribution < 1.29 is 4.79 Å². The minimum atomic E-state index is 0.336. The van der Waals surface area contributed by atoms with Gasteiger partial charge >= 0.3 is 0 Å². The monoisotopic (exact) mass is 591 g/mol. The summed E-state index contributed by atoms with van der Waals surface area (Å²) in [6.45, 7) is 4.60. The van der Waals surface area contributed by atoms with Gasteiger partial charge in [0, 0.05) is 5.92 Å². The van der Waals surface area contributed by atoms with E-state index in [-0.39, 0.29) is 0 Å². The Morgan fingerprint density at radius 2 is 0.452 bits per heavy atom. The van der Waals surface area contributed by atoms with E-state index >= 15 is 0 Å². The normalized spacial score (nSPS) is 12.2. The third-order valence-electron chi connectivity index (χ3n) is 9.80. The molecule has 0 spiro atoms. The first-order valence-corrected chi connectivity index (χ1v) is 20.3. The molecule has 0 saturated heterocycles. The number of carbonyl (C=O) groups excluding carboxylic acids is 1. The molecule has 0 N–H and O–H groups in total. The molecule has 0 bridgehead atoms. The molecule has 0 aromatic carbocycles. The molecule has 0 saturated carbocycles. The van der Waals surface area contributed by atoms with Crippen LogP contribution in [0.5, 0.6) is 0 Å². The van der Waals surface area contributed by atoms with Gasteiger partial charge in [0.05, 0.1) is 0 Å². The zero-order valence-electron chi connectivity index (χ0n) is 29.7. The second-order valence-electron chi connectivity index (χ2n) is 14.1. The Hall–Kier alpha value is -0.330. The summed E-state index contributed by atoms with van der Waals surface area (Å²) in [5, 5.41) is 0. The lowest BCUT2D eigenvalue weighted by Gasteiger charge is -2.10. The van der Waals surface area contributed by atoms with E-state index in [1.807, 2.05) is 0 Å². The molecule has 1 atom stereocenters. The van der Waals surface area contributed by atoms with Crippen LogP contribution in [-0.2, 0) is 4.79 Å². The zero-order chi connectivity index (χ0) is 30.4. The average molecular weight is 591 g/mol. The zero-order valence-corrected chi connectivity index (χ0v) is 29.7. The summed E-state index contributed by atoms with van der Waals surface area (Å²) in [6, 6.07) is 0. The second kappa shape index (κ2) is 38.7. The van der Waals surface area contributed by atoms with Crippen molar-refractivity contribution in [3.63, 3.8) is 0 Å². The number of hydrogen-bond donors (Lipinski definition) is 0. The number of aldehydes is 1. The highest BCUT2D eigenvalue weighted by Gasteiger charge is 2.07. The molecule has 0 fully saturated rings. The van der Waals surface area contributed by atoms with Crippen LogP contribution in [0.25, 0.3) is 0 Å². The maximum atomic E-state index is 11.5. The van der Waals surface area contributed by atoms with Crippen molar-refractivity contribution in [2.75, 3.05) is 0 Å². The lowest BCUT2D eigenvalue weighted by Crippen LogP contribution is -2.02. The van der Waals surface area contributed by atoms with E-state index in [9.17, 15) is 4.79 Å².